The van der Waals surface area contributed by atoms with Crippen molar-refractivity contribution in [3.8, 4) is 11.5 Å². The van der Waals surface area contributed by atoms with Crippen LogP contribution in [0.2, 0.25) is 0 Å². The van der Waals surface area contributed by atoms with Crippen LogP contribution in [0.4, 0.5) is 0 Å². The molecule has 0 saturated carbocycles. The average molecular weight is 579 g/mol. The lowest BCUT2D eigenvalue weighted by atomic mass is 10.1. The first-order chi connectivity index (χ1) is 20.8. The van der Waals surface area contributed by atoms with Gasteiger partial charge in [0, 0.05) is 41.8 Å². The van der Waals surface area contributed by atoms with E-state index in [1.54, 1.807) is 48.5 Å². The molecule has 8 N–H and O–H groups in total. The molecule has 0 saturated heterocycles. The van der Waals surface area contributed by atoms with Gasteiger partial charge < -0.3 is 31.6 Å². The second-order valence-electron chi connectivity index (χ2n) is 9.69. The summed E-state index contributed by atoms with van der Waals surface area (Å²) in [5, 5.41) is 20.7. The molecule has 0 aromatic heterocycles. The molecule has 4 aromatic rings. The predicted octanol–water partition coefficient (Wildman–Crippen LogP) is 3.96. The van der Waals surface area contributed by atoms with E-state index in [2.05, 4.69) is 10.6 Å². The van der Waals surface area contributed by atoms with Crippen LogP contribution in [0.1, 0.15) is 49.4 Å². The Morgan fingerprint density at radius 3 is 1.51 bits per heavy atom. The van der Waals surface area contributed by atoms with Gasteiger partial charge in [-0.25, -0.2) is 0 Å². The summed E-state index contributed by atoms with van der Waals surface area (Å²) in [6.07, 6.45) is 0.692. The number of nitrogens with one attached hydrogen (secondary N) is 4. The van der Waals surface area contributed by atoms with E-state index in [9.17, 15) is 9.59 Å². The van der Waals surface area contributed by atoms with Gasteiger partial charge in [-0.2, -0.15) is 0 Å². The third-order valence-electron chi connectivity index (χ3n) is 6.47. The van der Waals surface area contributed by atoms with Gasteiger partial charge in [0.2, 0.25) is 0 Å². The maximum absolute atomic E-state index is 12.4. The molecule has 0 fully saturated rings. The van der Waals surface area contributed by atoms with Gasteiger partial charge in [0.05, 0.1) is 13.2 Å². The van der Waals surface area contributed by atoms with E-state index < -0.39 is 0 Å². The fourth-order valence-electron chi connectivity index (χ4n) is 4.04. The molecule has 4 rings (SSSR count). The van der Waals surface area contributed by atoms with Gasteiger partial charge in [-0.05, 0) is 59.7 Å². The second-order valence-corrected chi connectivity index (χ2v) is 9.69. The van der Waals surface area contributed by atoms with Crippen molar-refractivity contribution in [2.24, 2.45) is 11.5 Å². The van der Waals surface area contributed by atoms with Gasteiger partial charge in [0.1, 0.15) is 23.2 Å². The molecule has 10 nitrogen and oxygen atoms in total. The molecular formula is C33H34N6O4. The number of ether oxygens (including phenoxy) is 2. The van der Waals surface area contributed by atoms with Crippen molar-refractivity contribution in [2.45, 2.75) is 19.5 Å². The molecule has 0 atom stereocenters. The molecule has 4 aromatic carbocycles. The van der Waals surface area contributed by atoms with Gasteiger partial charge in [-0.15, -0.1) is 0 Å². The van der Waals surface area contributed by atoms with Crippen molar-refractivity contribution in [1.82, 2.24) is 10.6 Å². The molecule has 0 spiro atoms. The first kappa shape index (κ1) is 30.3. The van der Waals surface area contributed by atoms with Crippen LogP contribution in [-0.4, -0.2) is 36.7 Å². The van der Waals surface area contributed by atoms with Gasteiger partial charge in [-0.3, -0.25) is 20.4 Å². The Morgan fingerprint density at radius 1 is 0.581 bits per heavy atom. The van der Waals surface area contributed by atoms with E-state index in [1.165, 1.54) is 0 Å². The minimum Gasteiger partial charge on any atom is -0.493 e. The Balaban J connectivity index is 1.11. The third kappa shape index (κ3) is 9.19. The highest BCUT2D eigenvalue weighted by atomic mass is 16.5. The van der Waals surface area contributed by atoms with Gasteiger partial charge in [0.15, 0.2) is 0 Å². The molecule has 43 heavy (non-hydrogen) atoms. The largest absolute Gasteiger partial charge is 0.493 e. The Labute approximate surface area is 250 Å². The van der Waals surface area contributed by atoms with E-state index in [1.807, 2.05) is 48.5 Å². The molecule has 10 heteroatoms. The highest BCUT2D eigenvalue weighted by Gasteiger charge is 2.08. The minimum absolute atomic E-state index is 0.0380. The smallest absolute Gasteiger partial charge is 0.251 e. The van der Waals surface area contributed by atoms with Crippen LogP contribution in [0.3, 0.4) is 0 Å². The zero-order valence-electron chi connectivity index (χ0n) is 23.6. The maximum Gasteiger partial charge on any atom is 0.251 e. The van der Waals surface area contributed by atoms with Crippen LogP contribution in [-0.2, 0) is 13.1 Å². The zero-order chi connectivity index (χ0) is 30.6. The fraction of sp³-hybridized carbons (Fsp3) is 0.152. The molecule has 2 amide bonds. The van der Waals surface area contributed by atoms with Crippen LogP contribution in [0.5, 0.6) is 11.5 Å². The monoisotopic (exact) mass is 578 g/mol. The third-order valence-corrected chi connectivity index (χ3v) is 6.47. The van der Waals surface area contributed by atoms with Crippen LogP contribution < -0.4 is 31.6 Å². The van der Waals surface area contributed by atoms with Crippen molar-refractivity contribution in [1.29, 1.82) is 10.8 Å². The first-order valence-electron chi connectivity index (χ1n) is 13.7. The summed E-state index contributed by atoms with van der Waals surface area (Å²) in [4.78, 5) is 24.8. The summed E-state index contributed by atoms with van der Waals surface area (Å²) in [5.41, 5.74) is 14.8. The molecular weight excluding hydrogens is 544 g/mol. The number of nitrogens with two attached hydrogens (primary N) is 2. The summed E-state index contributed by atoms with van der Waals surface area (Å²) >= 11 is 0. The quantitative estimate of drug-likeness (QED) is 0.0749. The Hall–Kier alpha value is -5.64. The summed E-state index contributed by atoms with van der Waals surface area (Å²) in [7, 11) is 0. The lowest BCUT2D eigenvalue weighted by molar-refractivity contribution is 0.0943. The van der Waals surface area contributed by atoms with Crippen molar-refractivity contribution in [3.05, 3.63) is 130 Å². The summed E-state index contributed by atoms with van der Waals surface area (Å²) in [5.74, 6) is 0.898. The number of rotatable bonds is 14. The van der Waals surface area contributed by atoms with Crippen LogP contribution in [0.25, 0.3) is 0 Å². The number of carbonyl (C=O) groups is 2. The summed E-state index contributed by atoms with van der Waals surface area (Å²) in [6, 6.07) is 28.3. The molecule has 0 aliphatic rings. The summed E-state index contributed by atoms with van der Waals surface area (Å²) in [6.45, 7) is 1.71. The first-order valence-corrected chi connectivity index (χ1v) is 13.7. The number of amides is 2. The van der Waals surface area contributed by atoms with Gasteiger partial charge in [0.25, 0.3) is 11.8 Å². The van der Waals surface area contributed by atoms with E-state index in [4.69, 9.17) is 31.8 Å². The van der Waals surface area contributed by atoms with Crippen molar-refractivity contribution >= 4 is 23.5 Å². The molecule has 0 radical (unpaired) electrons. The lowest BCUT2D eigenvalue weighted by Gasteiger charge is -2.10. The van der Waals surface area contributed by atoms with Gasteiger partial charge >= 0.3 is 0 Å². The van der Waals surface area contributed by atoms with Crippen LogP contribution >= 0.6 is 0 Å². The maximum atomic E-state index is 12.4. The lowest BCUT2D eigenvalue weighted by Crippen LogP contribution is -2.23. The molecule has 0 aliphatic heterocycles. The van der Waals surface area contributed by atoms with E-state index in [0.717, 1.165) is 22.6 Å². The number of benzene rings is 4. The van der Waals surface area contributed by atoms with Crippen LogP contribution in [0.15, 0.2) is 97.1 Å². The molecule has 220 valence electrons. The van der Waals surface area contributed by atoms with E-state index in [0.29, 0.717) is 55.0 Å². The Morgan fingerprint density at radius 2 is 1.02 bits per heavy atom. The van der Waals surface area contributed by atoms with Crippen LogP contribution in [0, 0.1) is 10.8 Å². The average Bonchev–Trinajstić information content (AvgIpc) is 3.03. The Bertz CT molecular complexity index is 1570. The second kappa shape index (κ2) is 14.8. The number of carbonyl (C=O) groups excluding carboxylic acids is 2. The van der Waals surface area contributed by atoms with Crippen molar-refractivity contribution in [2.75, 3.05) is 13.2 Å². The molecule has 0 heterocycles. The van der Waals surface area contributed by atoms with Crippen molar-refractivity contribution in [3.63, 3.8) is 0 Å². The number of hydrogen-bond acceptors (Lipinski definition) is 6. The number of nitrogen functional groups attached to an aromatic ring is 2. The van der Waals surface area contributed by atoms with Gasteiger partial charge in [-0.1, -0.05) is 48.5 Å². The fourth-order valence-corrected chi connectivity index (χ4v) is 4.04. The standard InChI is InChI=1S/C33H34N6O4/c34-30(35)24-9-11-25(12-10-24)32(40)38-20-22-5-13-28(14-6-22)42-17-2-18-43-29-15-7-23(8-16-29)21-39-33(41)27-4-1-3-26(19-27)31(36)37/h1,3-16,19H,2,17-18,20-21H2,(H3,34,35)(H3,36,37)(H,38,40)(H,39,41). The highest BCUT2D eigenvalue weighted by molar-refractivity contribution is 6.00. The Kier molecular flexibility index (Phi) is 10.5. The topological polar surface area (TPSA) is 176 Å². The summed E-state index contributed by atoms with van der Waals surface area (Å²) < 4.78 is 11.6. The number of amidine groups is 2. The number of hydrogen-bond donors (Lipinski definition) is 6. The van der Waals surface area contributed by atoms with E-state index in [-0.39, 0.29) is 23.5 Å². The molecule has 0 bridgehead atoms. The normalized spacial score (nSPS) is 10.4. The highest BCUT2D eigenvalue weighted by Crippen LogP contribution is 2.15. The molecule has 0 aliphatic carbocycles. The molecule has 0 unspecified atom stereocenters. The van der Waals surface area contributed by atoms with Crippen molar-refractivity contribution < 1.29 is 19.1 Å². The minimum atomic E-state index is -0.237. The van der Waals surface area contributed by atoms with E-state index >= 15 is 0 Å². The SMILES string of the molecule is N=C(N)c1ccc(C(=O)NCc2ccc(OCCCOc3ccc(CNC(=O)c4cccc(C(=N)N)c4)cc3)cc2)cc1. The zero-order valence-corrected chi connectivity index (χ0v) is 23.6. The predicted molar refractivity (Wildman–Crippen MR) is 166 cm³/mol.